The molecule has 1 N–H and O–H groups in total. The van der Waals surface area contributed by atoms with Crippen LogP contribution < -0.4 is 0 Å². The highest BCUT2D eigenvalue weighted by Crippen LogP contribution is 2.20. The van der Waals surface area contributed by atoms with Gasteiger partial charge in [0.05, 0.1) is 23.4 Å². The molecule has 6 nitrogen and oxygen atoms in total. The number of aliphatic hydroxyl groups excluding tert-OH is 1. The Morgan fingerprint density at radius 2 is 2.11 bits per heavy atom. The van der Waals surface area contributed by atoms with Gasteiger partial charge in [0.1, 0.15) is 6.10 Å². The molecule has 0 bridgehead atoms. The quantitative estimate of drug-likeness (QED) is 0.675. The van der Waals surface area contributed by atoms with Crippen LogP contribution in [0.25, 0.3) is 0 Å². The Bertz CT molecular complexity index is 607. The number of aromatic nitrogens is 2. The molecule has 1 unspecified atom stereocenters. The highest BCUT2D eigenvalue weighted by Gasteiger charge is 2.19. The van der Waals surface area contributed by atoms with Gasteiger partial charge in [0.2, 0.25) is 0 Å². The maximum Gasteiger partial charge on any atom is 0.390 e. The van der Waals surface area contributed by atoms with Gasteiger partial charge < -0.3 is 15.2 Å². The Morgan fingerprint density at radius 3 is 2.68 bits per heavy atom. The maximum absolute atomic E-state index is 10.6. The fraction of sp³-hybridized carbons (Fsp3) is 0.308. The van der Waals surface area contributed by atoms with Crippen molar-refractivity contribution in [2.45, 2.75) is 26.5 Å². The highest BCUT2D eigenvalue weighted by atomic mass is 16.6. The van der Waals surface area contributed by atoms with Gasteiger partial charge in [-0.2, -0.15) is 4.68 Å². The Balaban J connectivity index is 2.22. The average molecular weight is 261 g/mol. The van der Waals surface area contributed by atoms with Gasteiger partial charge >= 0.3 is 5.82 Å². The fourth-order valence-corrected chi connectivity index (χ4v) is 1.99. The standard InChI is InChI=1S/C13H15N3O3/c1-9-5-3-4-6-11(9)12(17)8-15-10(2)7-13(14-15)16(18)19/h3-7,12,17H,8H2,1-2H3. The van der Waals surface area contributed by atoms with E-state index in [9.17, 15) is 15.2 Å². The van der Waals surface area contributed by atoms with Crippen LogP contribution in [0.5, 0.6) is 0 Å². The minimum absolute atomic E-state index is 0.199. The van der Waals surface area contributed by atoms with Crippen molar-refractivity contribution in [3.63, 3.8) is 0 Å². The van der Waals surface area contributed by atoms with Gasteiger partial charge in [0.25, 0.3) is 0 Å². The molecule has 0 aliphatic heterocycles. The third-order valence-electron chi connectivity index (χ3n) is 3.05. The topological polar surface area (TPSA) is 81.2 Å². The van der Waals surface area contributed by atoms with E-state index >= 15 is 0 Å². The van der Waals surface area contributed by atoms with E-state index < -0.39 is 11.0 Å². The van der Waals surface area contributed by atoms with E-state index in [0.29, 0.717) is 5.69 Å². The Labute approximate surface area is 110 Å². The van der Waals surface area contributed by atoms with Crippen molar-refractivity contribution in [2.75, 3.05) is 0 Å². The molecule has 2 aromatic rings. The van der Waals surface area contributed by atoms with E-state index in [1.165, 1.54) is 10.7 Å². The van der Waals surface area contributed by atoms with Crippen LogP contribution in [0.3, 0.4) is 0 Å². The first-order chi connectivity index (χ1) is 8.99. The lowest BCUT2D eigenvalue weighted by Crippen LogP contribution is -2.12. The van der Waals surface area contributed by atoms with Crippen molar-refractivity contribution in [1.82, 2.24) is 9.78 Å². The summed E-state index contributed by atoms with van der Waals surface area (Å²) < 4.78 is 1.45. The number of benzene rings is 1. The second kappa shape index (κ2) is 5.19. The average Bonchev–Trinajstić information content (AvgIpc) is 2.71. The van der Waals surface area contributed by atoms with Crippen molar-refractivity contribution >= 4 is 5.82 Å². The molecular weight excluding hydrogens is 246 g/mol. The molecule has 0 amide bonds. The van der Waals surface area contributed by atoms with Gasteiger partial charge in [-0.25, -0.2) is 0 Å². The van der Waals surface area contributed by atoms with Gasteiger partial charge in [0, 0.05) is 0 Å². The lowest BCUT2D eigenvalue weighted by atomic mass is 10.0. The summed E-state index contributed by atoms with van der Waals surface area (Å²) in [6.45, 7) is 3.84. The van der Waals surface area contributed by atoms with Gasteiger partial charge in [-0.15, -0.1) is 0 Å². The van der Waals surface area contributed by atoms with Crippen LogP contribution in [0.2, 0.25) is 0 Å². The zero-order chi connectivity index (χ0) is 14.0. The minimum Gasteiger partial charge on any atom is -0.386 e. The second-order valence-electron chi connectivity index (χ2n) is 4.46. The molecule has 0 saturated carbocycles. The van der Waals surface area contributed by atoms with Crippen LogP contribution in [0.4, 0.5) is 5.82 Å². The van der Waals surface area contributed by atoms with E-state index in [0.717, 1.165) is 11.1 Å². The highest BCUT2D eigenvalue weighted by molar-refractivity contribution is 5.28. The van der Waals surface area contributed by atoms with E-state index in [2.05, 4.69) is 5.10 Å². The zero-order valence-corrected chi connectivity index (χ0v) is 10.8. The second-order valence-corrected chi connectivity index (χ2v) is 4.46. The van der Waals surface area contributed by atoms with Gasteiger partial charge in [-0.3, -0.25) is 0 Å². The number of aryl methyl sites for hydroxylation is 2. The van der Waals surface area contributed by atoms with Crippen LogP contribution in [0.15, 0.2) is 30.3 Å². The molecule has 1 aromatic heterocycles. The summed E-state index contributed by atoms with van der Waals surface area (Å²) in [5.41, 5.74) is 2.44. The SMILES string of the molecule is Cc1ccccc1C(O)Cn1nc([N+](=O)[O-])cc1C. The Hall–Kier alpha value is -2.21. The third kappa shape index (κ3) is 2.79. The Kier molecular flexibility index (Phi) is 3.62. The minimum atomic E-state index is -0.737. The number of nitro groups is 1. The van der Waals surface area contributed by atoms with Crippen molar-refractivity contribution in [1.29, 1.82) is 0 Å². The summed E-state index contributed by atoms with van der Waals surface area (Å²) in [6, 6.07) is 8.90. The van der Waals surface area contributed by atoms with Crippen molar-refractivity contribution in [2.24, 2.45) is 0 Å². The molecule has 0 spiro atoms. The number of hydrogen-bond acceptors (Lipinski definition) is 4. The van der Waals surface area contributed by atoms with Gasteiger partial charge in [-0.05, 0) is 29.9 Å². The van der Waals surface area contributed by atoms with Crippen LogP contribution in [0.1, 0.15) is 22.9 Å². The zero-order valence-electron chi connectivity index (χ0n) is 10.8. The first-order valence-electron chi connectivity index (χ1n) is 5.91. The maximum atomic E-state index is 10.6. The Morgan fingerprint density at radius 1 is 1.42 bits per heavy atom. The number of hydrogen-bond donors (Lipinski definition) is 1. The first-order valence-corrected chi connectivity index (χ1v) is 5.91. The molecule has 1 heterocycles. The summed E-state index contributed by atoms with van der Waals surface area (Å²) in [5, 5.41) is 24.7. The summed E-state index contributed by atoms with van der Waals surface area (Å²) in [5.74, 6) is -0.200. The van der Waals surface area contributed by atoms with Crippen molar-refractivity contribution < 1.29 is 10.0 Å². The molecule has 0 saturated heterocycles. The lowest BCUT2D eigenvalue weighted by Gasteiger charge is -2.12. The van der Waals surface area contributed by atoms with Gasteiger partial charge in [0.15, 0.2) is 0 Å². The molecule has 19 heavy (non-hydrogen) atoms. The molecule has 0 aliphatic carbocycles. The first kappa shape index (κ1) is 13.2. The van der Waals surface area contributed by atoms with Crippen LogP contribution in [0, 0.1) is 24.0 Å². The van der Waals surface area contributed by atoms with E-state index in [1.807, 2.05) is 31.2 Å². The van der Waals surface area contributed by atoms with Gasteiger partial charge in [-0.1, -0.05) is 24.3 Å². The van der Waals surface area contributed by atoms with Crippen LogP contribution in [-0.4, -0.2) is 19.8 Å². The van der Waals surface area contributed by atoms with E-state index in [4.69, 9.17) is 0 Å². The van der Waals surface area contributed by atoms with Crippen LogP contribution in [-0.2, 0) is 6.54 Å². The molecule has 6 heteroatoms. The molecule has 100 valence electrons. The fourth-order valence-electron chi connectivity index (χ4n) is 1.99. The van der Waals surface area contributed by atoms with Crippen molar-refractivity contribution in [3.8, 4) is 0 Å². The monoisotopic (exact) mass is 261 g/mol. The molecule has 0 fully saturated rings. The number of aliphatic hydroxyl groups is 1. The number of rotatable bonds is 4. The molecule has 1 aromatic carbocycles. The van der Waals surface area contributed by atoms with E-state index in [1.54, 1.807) is 6.92 Å². The summed E-state index contributed by atoms with van der Waals surface area (Å²) in [6.07, 6.45) is -0.737. The third-order valence-corrected chi connectivity index (χ3v) is 3.05. The molecule has 2 rings (SSSR count). The smallest absolute Gasteiger partial charge is 0.386 e. The molecular formula is C13H15N3O3. The molecule has 0 radical (unpaired) electrons. The summed E-state index contributed by atoms with van der Waals surface area (Å²) >= 11 is 0. The molecule has 1 atom stereocenters. The summed E-state index contributed by atoms with van der Waals surface area (Å²) in [7, 11) is 0. The molecule has 0 aliphatic rings. The van der Waals surface area contributed by atoms with Crippen LogP contribution >= 0.6 is 0 Å². The normalized spacial score (nSPS) is 12.4. The predicted molar refractivity (Wildman–Crippen MR) is 69.8 cm³/mol. The van der Waals surface area contributed by atoms with E-state index in [-0.39, 0.29) is 12.4 Å². The number of nitrogens with zero attached hydrogens (tertiary/aromatic N) is 3. The van der Waals surface area contributed by atoms with Crippen molar-refractivity contribution in [3.05, 3.63) is 57.3 Å². The summed E-state index contributed by atoms with van der Waals surface area (Å²) in [4.78, 5) is 10.1. The predicted octanol–water partition coefficient (Wildman–Crippen LogP) is 2.14. The largest absolute Gasteiger partial charge is 0.390 e. The lowest BCUT2D eigenvalue weighted by molar-refractivity contribution is -0.389.